The van der Waals surface area contributed by atoms with Gasteiger partial charge in [0.05, 0.1) is 29.8 Å². The van der Waals surface area contributed by atoms with Crippen molar-refractivity contribution in [1.82, 2.24) is 0 Å². The number of aliphatic hydroxyl groups is 1. The number of halogens is 3. The van der Waals surface area contributed by atoms with Crippen LogP contribution in [-0.2, 0) is 23.8 Å². The number of nitrogens with zero attached hydrogens (tertiary/aromatic N) is 1. The number of hydrogen-bond donors (Lipinski definition) is 1. The minimum atomic E-state index is -5.90. The molecule has 0 radical (unpaired) electrons. The second-order valence-electron chi connectivity index (χ2n) is 9.67. The second-order valence-corrected chi connectivity index (χ2v) is 11.2. The first kappa shape index (κ1) is 24.5. The zero-order valence-electron chi connectivity index (χ0n) is 18.4. The lowest BCUT2D eigenvalue weighted by Crippen LogP contribution is -2.54. The minimum Gasteiger partial charge on any atom is -0.388 e. The SMILES string of the molecule is C[C@]12CC=C(OS(=O)(=O)C(F)(F)F)[C@@H](CC[C@]34CCCC=C3COCO4)[C@@]1(O)CC[C@@H]2C#N. The van der Waals surface area contributed by atoms with Gasteiger partial charge in [-0.05, 0) is 63.0 Å². The topological polar surface area (TPSA) is 106 Å². The summed E-state index contributed by atoms with van der Waals surface area (Å²) < 4.78 is 78.9. The fourth-order valence-electron chi connectivity index (χ4n) is 6.11. The molecule has 0 unspecified atom stereocenters. The third-order valence-electron chi connectivity index (χ3n) is 8.14. The first-order valence-electron chi connectivity index (χ1n) is 11.1. The number of alkyl halides is 3. The van der Waals surface area contributed by atoms with Crippen molar-refractivity contribution in [3.63, 3.8) is 0 Å². The molecule has 0 amide bonds. The summed E-state index contributed by atoms with van der Waals surface area (Å²) in [5.41, 5.74) is -7.81. The number of nitriles is 1. The van der Waals surface area contributed by atoms with Gasteiger partial charge in [-0.15, -0.1) is 0 Å². The van der Waals surface area contributed by atoms with E-state index in [4.69, 9.17) is 9.47 Å². The van der Waals surface area contributed by atoms with E-state index in [-0.39, 0.29) is 26.1 Å². The molecule has 184 valence electrons. The fourth-order valence-corrected chi connectivity index (χ4v) is 6.64. The molecule has 1 heterocycles. The van der Waals surface area contributed by atoms with Crippen LogP contribution in [0.15, 0.2) is 23.5 Å². The Hall–Kier alpha value is -1.61. The highest BCUT2D eigenvalue weighted by molar-refractivity contribution is 7.87. The Balaban J connectivity index is 1.68. The van der Waals surface area contributed by atoms with E-state index < -0.39 is 49.8 Å². The van der Waals surface area contributed by atoms with E-state index in [9.17, 15) is 32.0 Å². The third-order valence-corrected chi connectivity index (χ3v) is 9.12. The highest BCUT2D eigenvalue weighted by Gasteiger charge is 2.64. The Morgan fingerprint density at radius 2 is 2.09 bits per heavy atom. The van der Waals surface area contributed by atoms with Gasteiger partial charge in [-0.1, -0.05) is 13.0 Å². The van der Waals surface area contributed by atoms with Gasteiger partial charge >= 0.3 is 15.6 Å². The van der Waals surface area contributed by atoms with E-state index in [1.807, 2.05) is 6.08 Å². The molecule has 1 N–H and O–H groups in total. The summed E-state index contributed by atoms with van der Waals surface area (Å²) in [5.74, 6) is -1.95. The Morgan fingerprint density at radius 1 is 1.33 bits per heavy atom. The van der Waals surface area contributed by atoms with Crippen LogP contribution in [0.1, 0.15) is 58.3 Å². The van der Waals surface area contributed by atoms with Crippen LogP contribution in [0.4, 0.5) is 13.2 Å². The van der Waals surface area contributed by atoms with Gasteiger partial charge in [-0.2, -0.15) is 26.9 Å². The monoisotopic (exact) mass is 491 g/mol. The van der Waals surface area contributed by atoms with E-state index in [2.05, 4.69) is 10.3 Å². The van der Waals surface area contributed by atoms with Gasteiger partial charge in [-0.3, -0.25) is 0 Å². The molecule has 5 atom stereocenters. The van der Waals surface area contributed by atoms with Crippen LogP contribution in [0.25, 0.3) is 0 Å². The summed E-state index contributed by atoms with van der Waals surface area (Å²) in [4.78, 5) is 0. The highest BCUT2D eigenvalue weighted by Crippen LogP contribution is 2.61. The molecule has 33 heavy (non-hydrogen) atoms. The van der Waals surface area contributed by atoms with Crippen molar-refractivity contribution in [3.8, 4) is 6.07 Å². The van der Waals surface area contributed by atoms with Gasteiger partial charge < -0.3 is 18.8 Å². The molecule has 0 aromatic carbocycles. The first-order valence-corrected chi connectivity index (χ1v) is 12.5. The number of ether oxygens (including phenoxy) is 2. The van der Waals surface area contributed by atoms with Crippen molar-refractivity contribution in [2.75, 3.05) is 13.4 Å². The molecule has 2 fully saturated rings. The van der Waals surface area contributed by atoms with Crippen molar-refractivity contribution in [2.45, 2.75) is 75.0 Å². The fraction of sp³-hybridized carbons (Fsp3) is 0.773. The predicted octanol–water partition coefficient (Wildman–Crippen LogP) is 4.06. The average Bonchev–Trinajstić information content (AvgIpc) is 3.02. The second kappa shape index (κ2) is 8.26. The van der Waals surface area contributed by atoms with Crippen LogP contribution in [0.5, 0.6) is 0 Å². The molecule has 0 aromatic rings. The maximum absolute atomic E-state index is 13.1. The molecule has 1 aliphatic heterocycles. The molecular weight excluding hydrogens is 463 g/mol. The Bertz CT molecular complexity index is 1000. The smallest absolute Gasteiger partial charge is 0.388 e. The van der Waals surface area contributed by atoms with Gasteiger partial charge in [-0.25, -0.2) is 0 Å². The van der Waals surface area contributed by atoms with Gasteiger partial charge in [0.15, 0.2) is 0 Å². The van der Waals surface area contributed by atoms with Crippen LogP contribution in [0.2, 0.25) is 0 Å². The molecular formula is C22H28F3NO6S. The van der Waals surface area contributed by atoms with Gasteiger partial charge in [0.2, 0.25) is 0 Å². The van der Waals surface area contributed by atoms with E-state index in [0.717, 1.165) is 18.4 Å². The van der Waals surface area contributed by atoms with Crippen molar-refractivity contribution in [3.05, 3.63) is 23.5 Å². The van der Waals surface area contributed by atoms with E-state index in [0.29, 0.717) is 25.9 Å². The molecule has 0 aromatic heterocycles. The zero-order chi connectivity index (χ0) is 24.1. The number of allylic oxidation sites excluding steroid dienone is 2. The summed E-state index contributed by atoms with van der Waals surface area (Å²) in [6.45, 7) is 2.22. The Kier molecular flexibility index (Phi) is 6.13. The first-order chi connectivity index (χ1) is 15.4. The molecule has 4 aliphatic rings. The Labute approximate surface area is 191 Å². The summed E-state index contributed by atoms with van der Waals surface area (Å²) in [6.07, 6.45) is 6.87. The lowest BCUT2D eigenvalue weighted by Gasteiger charge is -2.50. The van der Waals surface area contributed by atoms with E-state index in [1.165, 1.54) is 6.08 Å². The number of rotatable bonds is 5. The largest absolute Gasteiger partial charge is 0.534 e. The summed E-state index contributed by atoms with van der Waals surface area (Å²) in [6, 6.07) is 2.21. The van der Waals surface area contributed by atoms with E-state index >= 15 is 0 Å². The molecule has 1 saturated carbocycles. The number of hydrogen-bond acceptors (Lipinski definition) is 7. The van der Waals surface area contributed by atoms with Gasteiger partial charge in [0.1, 0.15) is 12.6 Å². The van der Waals surface area contributed by atoms with E-state index in [1.54, 1.807) is 6.92 Å². The predicted molar refractivity (Wildman–Crippen MR) is 109 cm³/mol. The number of fused-ring (bicyclic) bond motifs is 2. The van der Waals surface area contributed by atoms with Crippen LogP contribution in [-0.4, -0.2) is 43.6 Å². The average molecular weight is 492 g/mol. The van der Waals surface area contributed by atoms with Crippen molar-refractivity contribution in [1.29, 1.82) is 5.26 Å². The molecule has 1 saturated heterocycles. The van der Waals surface area contributed by atoms with Crippen molar-refractivity contribution >= 4 is 10.1 Å². The lowest BCUT2D eigenvalue weighted by atomic mass is 9.59. The maximum atomic E-state index is 13.1. The molecule has 4 rings (SSSR count). The highest BCUT2D eigenvalue weighted by atomic mass is 32.2. The molecule has 0 spiro atoms. The Morgan fingerprint density at radius 3 is 2.79 bits per heavy atom. The normalized spacial score (nSPS) is 39.0. The molecule has 7 nitrogen and oxygen atoms in total. The molecule has 0 bridgehead atoms. The summed E-state index contributed by atoms with van der Waals surface area (Å²) in [5, 5.41) is 21.4. The van der Waals surface area contributed by atoms with Crippen LogP contribution in [0, 0.1) is 28.6 Å². The minimum absolute atomic E-state index is 0.0432. The van der Waals surface area contributed by atoms with Crippen LogP contribution < -0.4 is 0 Å². The molecule has 11 heteroatoms. The molecule has 3 aliphatic carbocycles. The maximum Gasteiger partial charge on any atom is 0.534 e. The van der Waals surface area contributed by atoms with Crippen molar-refractivity contribution in [2.24, 2.45) is 17.3 Å². The lowest BCUT2D eigenvalue weighted by molar-refractivity contribution is -0.173. The van der Waals surface area contributed by atoms with Crippen molar-refractivity contribution < 1.29 is 40.4 Å². The van der Waals surface area contributed by atoms with Crippen LogP contribution in [0.3, 0.4) is 0 Å². The van der Waals surface area contributed by atoms with Crippen LogP contribution >= 0.6 is 0 Å². The summed E-state index contributed by atoms with van der Waals surface area (Å²) >= 11 is 0. The quantitative estimate of drug-likeness (QED) is 0.351. The zero-order valence-corrected chi connectivity index (χ0v) is 19.2. The van der Waals surface area contributed by atoms with Gasteiger partial charge in [0.25, 0.3) is 0 Å². The standard InChI is InChI=1S/C22H28F3NO6S/c1-19-9-7-18(32-33(28,29)22(23,24)25)17(21(19,27)11-5-15(19)12-26)6-10-20-8-3-2-4-16(20)13-30-14-31-20/h4,7,15,17,27H,2-3,5-6,8-11,13-14H2,1H3/t15-,17-,19-,20-,21+/m1/s1. The summed E-state index contributed by atoms with van der Waals surface area (Å²) in [7, 11) is -5.90. The van der Waals surface area contributed by atoms with Gasteiger partial charge in [0, 0.05) is 11.3 Å². The third kappa shape index (κ3) is 3.89.